The lowest BCUT2D eigenvalue weighted by molar-refractivity contribution is 0.351. The molecule has 1 atom stereocenters. The fraction of sp³-hybridized carbons (Fsp3) is 0.571. The first kappa shape index (κ1) is 13.2. The Balaban J connectivity index is 2.17. The van der Waals surface area contributed by atoms with Crippen molar-refractivity contribution < 1.29 is 9.47 Å². The van der Waals surface area contributed by atoms with Crippen LogP contribution in [-0.4, -0.2) is 45.8 Å². The van der Waals surface area contributed by atoms with Crippen molar-refractivity contribution >= 4 is 0 Å². The number of benzene rings is 1. The van der Waals surface area contributed by atoms with E-state index < -0.39 is 0 Å². The molecule has 0 bridgehead atoms. The summed E-state index contributed by atoms with van der Waals surface area (Å²) in [6, 6.07) is 6.56. The second-order valence-electron chi connectivity index (χ2n) is 4.71. The predicted molar refractivity (Wildman–Crippen MR) is 72.4 cm³/mol. The van der Waals surface area contributed by atoms with Crippen molar-refractivity contribution in [2.75, 3.05) is 40.9 Å². The summed E-state index contributed by atoms with van der Waals surface area (Å²) in [5.74, 6) is 1.58. The molecule has 1 saturated heterocycles. The van der Waals surface area contributed by atoms with Crippen LogP contribution >= 0.6 is 0 Å². The number of ether oxygens (including phenoxy) is 2. The lowest BCUT2D eigenvalue weighted by atomic mass is 10.0. The molecule has 1 fully saturated rings. The highest BCUT2D eigenvalue weighted by Gasteiger charge is 2.17. The van der Waals surface area contributed by atoms with Gasteiger partial charge in [0.05, 0.1) is 14.2 Å². The number of hydrogen-bond acceptors (Lipinski definition) is 4. The van der Waals surface area contributed by atoms with Crippen LogP contribution in [0.3, 0.4) is 0 Å². The Hall–Kier alpha value is -1.26. The Morgan fingerprint density at radius 2 is 1.94 bits per heavy atom. The molecule has 100 valence electrons. The molecule has 1 aliphatic heterocycles. The third-order valence-electron chi connectivity index (χ3n) is 3.49. The van der Waals surface area contributed by atoms with E-state index in [-0.39, 0.29) is 0 Å². The van der Waals surface area contributed by atoms with E-state index in [4.69, 9.17) is 9.47 Å². The number of nitrogens with one attached hydrogen (secondary N) is 1. The molecule has 1 aromatic carbocycles. The molecule has 18 heavy (non-hydrogen) atoms. The molecule has 1 N–H and O–H groups in total. The standard InChI is InChI=1S/C14H22N2O2/c1-16-8-6-12(15-7-9-16)11-4-5-13(17-2)14(10-11)18-3/h4-5,10,12,15H,6-9H2,1-3H3. The first-order valence-electron chi connectivity index (χ1n) is 6.38. The molecule has 1 aliphatic rings. The van der Waals surface area contributed by atoms with Gasteiger partial charge >= 0.3 is 0 Å². The van der Waals surface area contributed by atoms with Gasteiger partial charge in [-0.3, -0.25) is 0 Å². The molecule has 4 heteroatoms. The molecule has 0 spiro atoms. The van der Waals surface area contributed by atoms with Crippen molar-refractivity contribution in [3.8, 4) is 11.5 Å². The van der Waals surface area contributed by atoms with Crippen molar-refractivity contribution in [3.63, 3.8) is 0 Å². The van der Waals surface area contributed by atoms with Crippen LogP contribution in [0.15, 0.2) is 18.2 Å². The lowest BCUT2D eigenvalue weighted by Gasteiger charge is -2.18. The summed E-state index contributed by atoms with van der Waals surface area (Å²) in [6.07, 6.45) is 1.12. The first-order valence-corrected chi connectivity index (χ1v) is 6.38. The second kappa shape index (κ2) is 6.07. The summed E-state index contributed by atoms with van der Waals surface area (Å²) in [6.45, 7) is 3.24. The average molecular weight is 250 g/mol. The summed E-state index contributed by atoms with van der Waals surface area (Å²) in [5.41, 5.74) is 1.27. The Labute approximate surface area is 109 Å². The zero-order chi connectivity index (χ0) is 13.0. The van der Waals surface area contributed by atoms with E-state index >= 15 is 0 Å². The monoisotopic (exact) mass is 250 g/mol. The zero-order valence-corrected chi connectivity index (χ0v) is 11.4. The van der Waals surface area contributed by atoms with Crippen LogP contribution < -0.4 is 14.8 Å². The van der Waals surface area contributed by atoms with Gasteiger partial charge in [-0.2, -0.15) is 0 Å². The Kier molecular flexibility index (Phi) is 4.44. The fourth-order valence-electron chi connectivity index (χ4n) is 2.35. The van der Waals surface area contributed by atoms with E-state index in [0.29, 0.717) is 6.04 Å². The molecule has 0 aromatic heterocycles. The maximum atomic E-state index is 5.36. The lowest BCUT2D eigenvalue weighted by Crippen LogP contribution is -2.25. The molecule has 1 aromatic rings. The van der Waals surface area contributed by atoms with E-state index in [9.17, 15) is 0 Å². The second-order valence-corrected chi connectivity index (χ2v) is 4.71. The third-order valence-corrected chi connectivity index (χ3v) is 3.49. The number of methoxy groups -OCH3 is 2. The van der Waals surface area contributed by atoms with Gasteiger partial charge in [0.2, 0.25) is 0 Å². The predicted octanol–water partition coefficient (Wildman–Crippen LogP) is 1.67. The van der Waals surface area contributed by atoms with Crippen LogP contribution in [0.2, 0.25) is 0 Å². The van der Waals surface area contributed by atoms with E-state index in [0.717, 1.165) is 37.6 Å². The minimum absolute atomic E-state index is 0.398. The van der Waals surface area contributed by atoms with Crippen molar-refractivity contribution in [2.24, 2.45) is 0 Å². The summed E-state index contributed by atoms with van der Waals surface area (Å²) in [7, 11) is 5.50. The van der Waals surface area contributed by atoms with Crippen molar-refractivity contribution in [2.45, 2.75) is 12.5 Å². The van der Waals surface area contributed by atoms with Gasteiger partial charge in [0, 0.05) is 19.1 Å². The van der Waals surface area contributed by atoms with Gasteiger partial charge in [0.1, 0.15) is 0 Å². The minimum atomic E-state index is 0.398. The first-order chi connectivity index (χ1) is 8.74. The summed E-state index contributed by atoms with van der Waals surface area (Å²) in [5, 5.41) is 3.58. The van der Waals surface area contributed by atoms with E-state index in [2.05, 4.69) is 29.4 Å². The van der Waals surface area contributed by atoms with Crippen LogP contribution in [0.1, 0.15) is 18.0 Å². The smallest absolute Gasteiger partial charge is 0.161 e. The Bertz CT molecular complexity index is 395. The van der Waals surface area contributed by atoms with Gasteiger partial charge in [-0.05, 0) is 37.7 Å². The maximum Gasteiger partial charge on any atom is 0.161 e. The fourth-order valence-corrected chi connectivity index (χ4v) is 2.35. The van der Waals surface area contributed by atoms with Gasteiger partial charge in [-0.1, -0.05) is 6.07 Å². The van der Waals surface area contributed by atoms with Crippen LogP contribution in [-0.2, 0) is 0 Å². The number of likely N-dealkylation sites (N-methyl/N-ethyl adjacent to an activating group) is 1. The SMILES string of the molecule is COc1ccc(C2CCN(C)CCN2)cc1OC. The normalized spacial score (nSPS) is 21.4. The summed E-state index contributed by atoms with van der Waals surface area (Å²) >= 11 is 0. The van der Waals surface area contributed by atoms with E-state index in [1.54, 1.807) is 14.2 Å². The zero-order valence-electron chi connectivity index (χ0n) is 11.4. The molecule has 2 rings (SSSR count). The van der Waals surface area contributed by atoms with E-state index in [1.807, 2.05) is 6.07 Å². The highest BCUT2D eigenvalue weighted by atomic mass is 16.5. The molecule has 0 amide bonds. The van der Waals surface area contributed by atoms with E-state index in [1.165, 1.54) is 5.56 Å². The average Bonchev–Trinajstić information content (AvgIpc) is 2.62. The minimum Gasteiger partial charge on any atom is -0.493 e. The van der Waals surface area contributed by atoms with Gasteiger partial charge in [0.15, 0.2) is 11.5 Å². The van der Waals surface area contributed by atoms with Crippen LogP contribution in [0.4, 0.5) is 0 Å². The largest absolute Gasteiger partial charge is 0.493 e. The molecule has 1 unspecified atom stereocenters. The van der Waals surface area contributed by atoms with Crippen LogP contribution in [0, 0.1) is 0 Å². The van der Waals surface area contributed by atoms with Gasteiger partial charge < -0.3 is 19.7 Å². The summed E-state index contributed by atoms with van der Waals surface area (Å²) < 4.78 is 10.6. The van der Waals surface area contributed by atoms with Gasteiger partial charge in [0.25, 0.3) is 0 Å². The third kappa shape index (κ3) is 2.94. The molecule has 0 aliphatic carbocycles. The van der Waals surface area contributed by atoms with Crippen LogP contribution in [0.25, 0.3) is 0 Å². The molecule has 4 nitrogen and oxygen atoms in total. The number of nitrogens with zero attached hydrogens (tertiary/aromatic N) is 1. The topological polar surface area (TPSA) is 33.7 Å². The highest BCUT2D eigenvalue weighted by Crippen LogP contribution is 2.31. The Morgan fingerprint density at radius 3 is 2.67 bits per heavy atom. The quantitative estimate of drug-likeness (QED) is 0.885. The van der Waals surface area contributed by atoms with Crippen LogP contribution in [0.5, 0.6) is 11.5 Å². The number of rotatable bonds is 3. The van der Waals surface area contributed by atoms with Crippen molar-refractivity contribution in [1.82, 2.24) is 10.2 Å². The molecule has 0 radical (unpaired) electrons. The molecule has 0 saturated carbocycles. The molecular formula is C14H22N2O2. The molecular weight excluding hydrogens is 228 g/mol. The highest BCUT2D eigenvalue weighted by molar-refractivity contribution is 5.43. The van der Waals surface area contributed by atoms with Crippen molar-refractivity contribution in [1.29, 1.82) is 0 Å². The summed E-state index contributed by atoms with van der Waals surface area (Å²) in [4.78, 5) is 2.35. The van der Waals surface area contributed by atoms with Gasteiger partial charge in [-0.25, -0.2) is 0 Å². The Morgan fingerprint density at radius 1 is 1.17 bits per heavy atom. The molecule has 1 heterocycles. The number of hydrogen-bond donors (Lipinski definition) is 1. The van der Waals surface area contributed by atoms with Crippen molar-refractivity contribution in [3.05, 3.63) is 23.8 Å². The maximum absolute atomic E-state index is 5.36. The van der Waals surface area contributed by atoms with Gasteiger partial charge in [-0.15, -0.1) is 0 Å².